The molecule has 0 radical (unpaired) electrons. The molecule has 1 amide bonds. The normalized spacial score (nSPS) is 23.0. The van der Waals surface area contributed by atoms with E-state index in [0.717, 1.165) is 57.9 Å². The first kappa shape index (κ1) is 16.5. The number of carbonyl (C=O) groups excluding carboxylic acids is 1. The van der Waals surface area contributed by atoms with Crippen molar-refractivity contribution in [3.63, 3.8) is 0 Å². The fraction of sp³-hybridized carbons (Fsp3) is 0.765. The SMILES string of the molecule is CCn1ccnc1CN1CCC(C(N)=O)(N2CCCCC2)CC1. The Morgan fingerprint density at radius 3 is 2.52 bits per heavy atom. The highest BCUT2D eigenvalue weighted by Gasteiger charge is 2.45. The summed E-state index contributed by atoms with van der Waals surface area (Å²) in [6.07, 6.45) is 9.23. The van der Waals surface area contributed by atoms with Crippen LogP contribution >= 0.6 is 0 Å². The molecule has 1 aromatic heterocycles. The van der Waals surface area contributed by atoms with Crippen LogP contribution in [0.4, 0.5) is 0 Å². The van der Waals surface area contributed by atoms with Crippen LogP contribution in [0, 0.1) is 0 Å². The molecule has 0 atom stereocenters. The number of imidazole rings is 1. The van der Waals surface area contributed by atoms with Crippen LogP contribution in [0.5, 0.6) is 0 Å². The van der Waals surface area contributed by atoms with Gasteiger partial charge >= 0.3 is 0 Å². The van der Waals surface area contributed by atoms with E-state index in [9.17, 15) is 4.79 Å². The highest BCUT2D eigenvalue weighted by atomic mass is 16.1. The van der Waals surface area contributed by atoms with Gasteiger partial charge in [0.05, 0.1) is 6.54 Å². The Morgan fingerprint density at radius 2 is 1.91 bits per heavy atom. The lowest BCUT2D eigenvalue weighted by molar-refractivity contribution is -0.135. The second-order valence-corrected chi connectivity index (χ2v) is 6.85. The number of nitrogens with zero attached hydrogens (tertiary/aromatic N) is 4. The Labute approximate surface area is 138 Å². The van der Waals surface area contributed by atoms with Crippen LogP contribution in [0.3, 0.4) is 0 Å². The largest absolute Gasteiger partial charge is 0.368 e. The van der Waals surface area contributed by atoms with Gasteiger partial charge in [0, 0.05) is 32.0 Å². The van der Waals surface area contributed by atoms with Crippen molar-refractivity contribution in [3.8, 4) is 0 Å². The fourth-order valence-corrected chi connectivity index (χ4v) is 4.10. The molecule has 0 bridgehead atoms. The minimum absolute atomic E-state index is 0.130. The molecular formula is C17H29N5O. The van der Waals surface area contributed by atoms with Gasteiger partial charge in [0.25, 0.3) is 0 Å². The molecule has 2 aliphatic rings. The van der Waals surface area contributed by atoms with Crippen molar-refractivity contribution >= 4 is 5.91 Å². The van der Waals surface area contributed by atoms with Crippen molar-refractivity contribution in [2.75, 3.05) is 26.2 Å². The molecule has 128 valence electrons. The Kier molecular flexibility index (Phi) is 5.02. The highest BCUT2D eigenvalue weighted by Crippen LogP contribution is 2.31. The number of aryl methyl sites for hydroxylation is 1. The summed E-state index contributed by atoms with van der Waals surface area (Å²) in [5.74, 6) is 0.978. The minimum Gasteiger partial charge on any atom is -0.368 e. The van der Waals surface area contributed by atoms with Crippen molar-refractivity contribution in [1.82, 2.24) is 19.4 Å². The molecule has 0 aliphatic carbocycles. The molecule has 6 heteroatoms. The van der Waals surface area contributed by atoms with E-state index in [1.165, 1.54) is 19.3 Å². The lowest BCUT2D eigenvalue weighted by Gasteiger charge is -2.48. The average Bonchev–Trinajstić information content (AvgIpc) is 3.03. The molecular weight excluding hydrogens is 290 g/mol. The quantitative estimate of drug-likeness (QED) is 0.886. The number of nitrogens with two attached hydrogens (primary N) is 1. The van der Waals surface area contributed by atoms with Crippen molar-refractivity contribution in [2.45, 2.75) is 57.7 Å². The summed E-state index contributed by atoms with van der Waals surface area (Å²) in [7, 11) is 0. The molecule has 1 aromatic rings. The number of primary amides is 1. The summed E-state index contributed by atoms with van der Waals surface area (Å²) >= 11 is 0. The van der Waals surface area contributed by atoms with Crippen LogP contribution in [0.15, 0.2) is 12.4 Å². The van der Waals surface area contributed by atoms with Gasteiger partial charge in [-0.2, -0.15) is 0 Å². The molecule has 2 aliphatic heterocycles. The first-order valence-electron chi connectivity index (χ1n) is 8.93. The smallest absolute Gasteiger partial charge is 0.238 e. The van der Waals surface area contributed by atoms with Crippen molar-refractivity contribution < 1.29 is 4.79 Å². The summed E-state index contributed by atoms with van der Waals surface area (Å²) in [5.41, 5.74) is 5.43. The number of hydrogen-bond donors (Lipinski definition) is 1. The number of piperidine rings is 2. The Morgan fingerprint density at radius 1 is 1.22 bits per heavy atom. The second kappa shape index (κ2) is 7.01. The number of likely N-dealkylation sites (tertiary alicyclic amines) is 2. The number of hydrogen-bond acceptors (Lipinski definition) is 4. The lowest BCUT2D eigenvalue weighted by Crippen LogP contribution is -2.63. The van der Waals surface area contributed by atoms with E-state index < -0.39 is 5.54 Å². The highest BCUT2D eigenvalue weighted by molar-refractivity contribution is 5.84. The predicted octanol–water partition coefficient (Wildman–Crippen LogP) is 1.21. The molecule has 3 heterocycles. The van der Waals surface area contributed by atoms with Gasteiger partial charge in [0.2, 0.25) is 5.91 Å². The number of carbonyl (C=O) groups is 1. The van der Waals surface area contributed by atoms with Gasteiger partial charge in [0.1, 0.15) is 11.4 Å². The van der Waals surface area contributed by atoms with E-state index in [1.54, 1.807) is 0 Å². The standard InChI is InChI=1S/C17H29N5O/c1-2-21-13-8-19-15(21)14-20-11-6-17(7-12-20,16(18)23)22-9-4-3-5-10-22/h8,13H,2-7,9-12,14H2,1H3,(H2,18,23). The topological polar surface area (TPSA) is 67.4 Å². The molecule has 3 rings (SSSR count). The van der Waals surface area contributed by atoms with Crippen LogP contribution < -0.4 is 5.73 Å². The summed E-state index contributed by atoms with van der Waals surface area (Å²) < 4.78 is 2.18. The van der Waals surface area contributed by atoms with E-state index >= 15 is 0 Å². The third-order valence-electron chi connectivity index (χ3n) is 5.61. The van der Waals surface area contributed by atoms with Gasteiger partial charge in [-0.25, -0.2) is 4.98 Å². The zero-order valence-corrected chi connectivity index (χ0v) is 14.2. The van der Waals surface area contributed by atoms with Crippen LogP contribution in [-0.4, -0.2) is 57.0 Å². The molecule has 6 nitrogen and oxygen atoms in total. The van der Waals surface area contributed by atoms with E-state index in [2.05, 4.69) is 26.3 Å². The van der Waals surface area contributed by atoms with E-state index in [0.29, 0.717) is 0 Å². The van der Waals surface area contributed by atoms with Crippen LogP contribution in [0.2, 0.25) is 0 Å². The van der Waals surface area contributed by atoms with E-state index in [4.69, 9.17) is 5.73 Å². The van der Waals surface area contributed by atoms with Gasteiger partial charge in [-0.15, -0.1) is 0 Å². The maximum Gasteiger partial charge on any atom is 0.238 e. The predicted molar refractivity (Wildman–Crippen MR) is 89.8 cm³/mol. The maximum atomic E-state index is 12.2. The molecule has 0 spiro atoms. The van der Waals surface area contributed by atoms with Gasteiger partial charge in [0.15, 0.2) is 0 Å². The molecule has 2 saturated heterocycles. The summed E-state index contributed by atoms with van der Waals surface area (Å²) in [5, 5.41) is 0. The van der Waals surface area contributed by atoms with Crippen LogP contribution in [0.1, 0.15) is 44.9 Å². The maximum absolute atomic E-state index is 12.2. The van der Waals surface area contributed by atoms with Crippen LogP contribution in [-0.2, 0) is 17.9 Å². The Bertz CT molecular complexity index is 527. The Hall–Kier alpha value is -1.40. The fourth-order valence-electron chi connectivity index (χ4n) is 4.10. The molecule has 0 saturated carbocycles. The zero-order chi connectivity index (χ0) is 16.3. The van der Waals surface area contributed by atoms with Crippen LogP contribution in [0.25, 0.3) is 0 Å². The lowest BCUT2D eigenvalue weighted by atomic mass is 9.83. The molecule has 0 unspecified atom stereocenters. The first-order chi connectivity index (χ1) is 11.2. The average molecular weight is 319 g/mol. The summed E-state index contributed by atoms with van der Waals surface area (Å²) in [6, 6.07) is 0. The first-order valence-corrected chi connectivity index (χ1v) is 8.93. The van der Waals surface area contributed by atoms with Gasteiger partial charge < -0.3 is 10.3 Å². The number of amides is 1. The molecule has 0 aromatic carbocycles. The van der Waals surface area contributed by atoms with E-state index in [-0.39, 0.29) is 5.91 Å². The Balaban J connectivity index is 1.64. The third kappa shape index (κ3) is 3.28. The van der Waals surface area contributed by atoms with Gasteiger partial charge in [-0.1, -0.05) is 6.42 Å². The third-order valence-corrected chi connectivity index (χ3v) is 5.61. The van der Waals surface area contributed by atoms with Gasteiger partial charge in [-0.05, 0) is 45.7 Å². The van der Waals surface area contributed by atoms with Crippen molar-refractivity contribution in [3.05, 3.63) is 18.2 Å². The molecule has 23 heavy (non-hydrogen) atoms. The minimum atomic E-state index is -0.420. The molecule has 2 fully saturated rings. The second-order valence-electron chi connectivity index (χ2n) is 6.85. The monoisotopic (exact) mass is 319 g/mol. The molecule has 2 N–H and O–H groups in total. The van der Waals surface area contributed by atoms with Crippen molar-refractivity contribution in [2.24, 2.45) is 5.73 Å². The number of aromatic nitrogens is 2. The summed E-state index contributed by atoms with van der Waals surface area (Å²) in [4.78, 5) is 21.5. The zero-order valence-electron chi connectivity index (χ0n) is 14.2. The van der Waals surface area contributed by atoms with E-state index in [1.807, 2.05) is 12.4 Å². The van der Waals surface area contributed by atoms with Crippen molar-refractivity contribution in [1.29, 1.82) is 0 Å². The number of rotatable bonds is 5. The van der Waals surface area contributed by atoms with Gasteiger partial charge in [-0.3, -0.25) is 14.6 Å². The summed E-state index contributed by atoms with van der Waals surface area (Å²) in [6.45, 7) is 7.80.